The van der Waals surface area contributed by atoms with E-state index < -0.39 is 5.41 Å². The summed E-state index contributed by atoms with van der Waals surface area (Å²) >= 11 is 0. The third kappa shape index (κ3) is 4.61. The first-order valence-corrected chi connectivity index (χ1v) is 12.8. The molecule has 1 aliphatic heterocycles. The topological polar surface area (TPSA) is 49.3 Å². The van der Waals surface area contributed by atoms with Gasteiger partial charge in [-0.05, 0) is 54.4 Å². The summed E-state index contributed by atoms with van der Waals surface area (Å²) in [4.78, 5) is 16.0. The van der Waals surface area contributed by atoms with Gasteiger partial charge in [-0.25, -0.2) is 0 Å². The molecule has 0 radical (unpaired) electrons. The molecule has 1 amide bonds. The minimum Gasteiger partial charge on any atom is -1.00 e. The van der Waals surface area contributed by atoms with E-state index in [-0.39, 0.29) is 28.8 Å². The van der Waals surface area contributed by atoms with E-state index in [4.69, 9.17) is 5.73 Å². The van der Waals surface area contributed by atoms with Crippen LogP contribution in [-0.4, -0.2) is 40.3 Å². The molecule has 3 aromatic carbocycles. The standard InChI is InChI=1S/C31H35N3O.BrH/c1-23-11-9-10-12-25(23)22-33-19-20-34(24(33)2)29-18-17-28(21-29)31(30(32)35,26-13-5-3-6-14-26)27-15-7-4-8-16-27;/h3-16,28-29H,17-22H2,1-2H3,(H-,32,35);1H/t28-,29+;/m1./s1. The molecule has 1 fully saturated rings. The first kappa shape index (κ1) is 26.2. The van der Waals surface area contributed by atoms with E-state index in [1.807, 2.05) is 36.4 Å². The molecule has 2 atom stereocenters. The summed E-state index contributed by atoms with van der Waals surface area (Å²) in [6, 6.07) is 29.4. The van der Waals surface area contributed by atoms with Crippen LogP contribution in [0.5, 0.6) is 0 Å². The van der Waals surface area contributed by atoms with Gasteiger partial charge in [0.25, 0.3) is 0 Å². The van der Waals surface area contributed by atoms with Crippen molar-refractivity contribution >= 4 is 11.7 Å². The molecule has 36 heavy (non-hydrogen) atoms. The van der Waals surface area contributed by atoms with Crippen LogP contribution in [0.1, 0.15) is 48.4 Å². The first-order valence-electron chi connectivity index (χ1n) is 12.8. The smallest absolute Gasteiger partial charge is 0.244 e. The fourth-order valence-electron chi connectivity index (χ4n) is 6.53. The highest BCUT2D eigenvalue weighted by molar-refractivity contribution is 5.91. The summed E-state index contributed by atoms with van der Waals surface area (Å²) in [5.41, 5.74) is 10.2. The molecule has 0 unspecified atom stereocenters. The molecule has 5 heteroatoms. The Kier molecular flexibility index (Phi) is 7.99. The lowest BCUT2D eigenvalue weighted by molar-refractivity contribution is -0.534. The van der Waals surface area contributed by atoms with E-state index >= 15 is 0 Å². The number of rotatable bonds is 7. The van der Waals surface area contributed by atoms with Crippen molar-refractivity contribution in [3.63, 3.8) is 0 Å². The van der Waals surface area contributed by atoms with E-state index in [0.717, 1.165) is 50.0 Å². The summed E-state index contributed by atoms with van der Waals surface area (Å²) in [5, 5.41) is 0. The first-order chi connectivity index (χ1) is 17.0. The van der Waals surface area contributed by atoms with Gasteiger partial charge in [-0.15, -0.1) is 0 Å². The van der Waals surface area contributed by atoms with Crippen molar-refractivity contribution < 1.29 is 26.4 Å². The lowest BCUT2D eigenvalue weighted by atomic mass is 9.64. The van der Waals surface area contributed by atoms with Crippen molar-refractivity contribution in [2.24, 2.45) is 11.7 Å². The van der Waals surface area contributed by atoms with Gasteiger partial charge in [-0.1, -0.05) is 84.9 Å². The number of halogens is 1. The number of hydrogen-bond donors (Lipinski definition) is 1. The largest absolute Gasteiger partial charge is 1.00 e. The third-order valence-corrected chi connectivity index (χ3v) is 8.41. The van der Waals surface area contributed by atoms with Crippen LogP contribution in [-0.2, 0) is 16.8 Å². The van der Waals surface area contributed by atoms with Gasteiger partial charge in [-0.3, -0.25) is 14.3 Å². The number of amidine groups is 1. The lowest BCUT2D eigenvalue weighted by Gasteiger charge is -2.37. The molecule has 1 heterocycles. The third-order valence-electron chi connectivity index (χ3n) is 8.41. The maximum absolute atomic E-state index is 13.4. The fourth-order valence-corrected chi connectivity index (χ4v) is 6.53. The van der Waals surface area contributed by atoms with Gasteiger partial charge in [0.15, 0.2) is 0 Å². The van der Waals surface area contributed by atoms with Gasteiger partial charge in [-0.2, -0.15) is 0 Å². The number of carbonyl (C=O) groups excluding carboxylic acids is 1. The summed E-state index contributed by atoms with van der Waals surface area (Å²) in [5.74, 6) is 1.26. The normalized spacial score (nSPS) is 19.9. The molecule has 0 spiro atoms. The van der Waals surface area contributed by atoms with Crippen molar-refractivity contribution in [2.75, 3.05) is 13.1 Å². The minimum absolute atomic E-state index is 0. The number of aryl methyl sites for hydroxylation is 1. The number of hydrogen-bond acceptors (Lipinski definition) is 2. The molecule has 0 aromatic heterocycles. The van der Waals surface area contributed by atoms with E-state index in [9.17, 15) is 4.79 Å². The van der Waals surface area contributed by atoms with E-state index in [0.29, 0.717) is 6.04 Å². The van der Waals surface area contributed by atoms with Gasteiger partial charge in [0, 0.05) is 6.92 Å². The number of nitrogens with two attached hydrogens (primary N) is 1. The van der Waals surface area contributed by atoms with Crippen molar-refractivity contribution in [1.29, 1.82) is 0 Å². The Morgan fingerprint density at radius 2 is 1.50 bits per heavy atom. The number of benzene rings is 3. The van der Waals surface area contributed by atoms with Crippen LogP contribution >= 0.6 is 0 Å². The van der Waals surface area contributed by atoms with E-state index in [2.05, 4.69) is 71.9 Å². The molecule has 4 nitrogen and oxygen atoms in total. The summed E-state index contributed by atoms with van der Waals surface area (Å²) in [6.07, 6.45) is 3.02. The summed E-state index contributed by atoms with van der Waals surface area (Å²) < 4.78 is 2.51. The molecule has 3 aromatic rings. The summed E-state index contributed by atoms with van der Waals surface area (Å²) in [7, 11) is 0. The van der Waals surface area contributed by atoms with Crippen molar-refractivity contribution in [1.82, 2.24) is 4.90 Å². The van der Waals surface area contributed by atoms with Crippen LogP contribution in [0.4, 0.5) is 0 Å². The molecular weight excluding hydrogens is 510 g/mol. The average molecular weight is 547 g/mol. The Morgan fingerprint density at radius 3 is 2.08 bits per heavy atom. The monoisotopic (exact) mass is 545 g/mol. The molecular formula is C31H36BrN3O. The predicted octanol–water partition coefficient (Wildman–Crippen LogP) is 1.89. The number of carbonyl (C=O) groups is 1. The van der Waals surface area contributed by atoms with Crippen LogP contribution in [0, 0.1) is 12.8 Å². The predicted molar refractivity (Wildman–Crippen MR) is 141 cm³/mol. The molecule has 0 saturated heterocycles. The summed E-state index contributed by atoms with van der Waals surface area (Å²) in [6.45, 7) is 7.48. The molecule has 1 saturated carbocycles. The van der Waals surface area contributed by atoms with Crippen molar-refractivity contribution in [3.8, 4) is 0 Å². The van der Waals surface area contributed by atoms with E-state index in [1.54, 1.807) is 0 Å². The zero-order valence-electron chi connectivity index (χ0n) is 21.2. The molecule has 2 aliphatic rings. The van der Waals surface area contributed by atoms with Crippen LogP contribution < -0.4 is 22.7 Å². The highest BCUT2D eigenvalue weighted by Gasteiger charge is 2.52. The maximum atomic E-state index is 13.4. The molecule has 1 aliphatic carbocycles. The lowest BCUT2D eigenvalue weighted by Crippen LogP contribution is -3.00. The minimum atomic E-state index is -0.814. The maximum Gasteiger partial charge on any atom is 0.244 e. The SMILES string of the molecule is CC1=[N+](Cc2ccccc2C)CCN1[C@H]1CC[C@@H](C(C(N)=O)(c2ccccc2)c2ccccc2)C1.[Br-]. The molecule has 2 N–H and O–H groups in total. The second-order valence-corrected chi connectivity index (χ2v) is 10.2. The zero-order chi connectivity index (χ0) is 24.4. The van der Waals surface area contributed by atoms with Gasteiger partial charge in [0.1, 0.15) is 25.0 Å². The number of nitrogens with zero attached hydrogens (tertiary/aromatic N) is 2. The Labute approximate surface area is 225 Å². The zero-order valence-corrected chi connectivity index (χ0v) is 22.8. The molecule has 188 valence electrons. The van der Waals surface area contributed by atoms with Gasteiger partial charge < -0.3 is 22.7 Å². The Balaban J connectivity index is 0.00000304. The van der Waals surface area contributed by atoms with Crippen LogP contribution in [0.3, 0.4) is 0 Å². The molecule has 5 rings (SSSR count). The van der Waals surface area contributed by atoms with Gasteiger partial charge in [0.05, 0.1) is 6.04 Å². The quantitative estimate of drug-likeness (QED) is 0.461. The van der Waals surface area contributed by atoms with Crippen LogP contribution in [0.2, 0.25) is 0 Å². The average Bonchev–Trinajstić information content (AvgIpc) is 3.49. The second-order valence-electron chi connectivity index (χ2n) is 10.2. The van der Waals surface area contributed by atoms with Gasteiger partial charge in [0.2, 0.25) is 11.7 Å². The van der Waals surface area contributed by atoms with E-state index in [1.165, 1.54) is 17.0 Å². The number of amides is 1. The van der Waals surface area contributed by atoms with Gasteiger partial charge >= 0.3 is 0 Å². The van der Waals surface area contributed by atoms with Crippen molar-refractivity contribution in [3.05, 3.63) is 107 Å². The highest BCUT2D eigenvalue weighted by Crippen LogP contribution is 2.48. The Morgan fingerprint density at radius 1 is 0.917 bits per heavy atom. The second kappa shape index (κ2) is 11.0. The van der Waals surface area contributed by atoms with Crippen molar-refractivity contribution in [2.45, 2.75) is 51.1 Å². The number of primary amides is 1. The van der Waals surface area contributed by atoms with Crippen LogP contribution in [0.15, 0.2) is 84.9 Å². The Bertz CT molecular complexity index is 1190. The van der Waals surface area contributed by atoms with Crippen LogP contribution in [0.25, 0.3) is 0 Å². The fraction of sp³-hybridized carbons (Fsp3) is 0.355. The highest BCUT2D eigenvalue weighted by atomic mass is 79.9. The molecule has 0 bridgehead atoms. The Hall–Kier alpha value is -2.92.